The Hall–Kier alpha value is -9.06. The topological polar surface area (TPSA) is 22.9 Å². The fraction of sp³-hybridized carbons (Fsp3) is 0.147. The fourth-order valence-electron chi connectivity index (χ4n) is 13.8. The van der Waals surface area contributed by atoms with E-state index in [0.717, 1.165) is 98.7 Å². The molecule has 0 fully saturated rings. The molecule has 1 aromatic heterocycles. The van der Waals surface area contributed by atoms with Crippen molar-refractivity contribution in [1.29, 1.82) is 0 Å². The normalized spacial score (nSPS) is 13.6. The summed E-state index contributed by atoms with van der Waals surface area (Å²) in [6.45, 7) is 9.09. The maximum absolute atomic E-state index is 7.27. The summed E-state index contributed by atoms with van der Waals surface area (Å²) in [4.78, 5) is 7.76. The first-order valence-corrected chi connectivity index (χ1v) is 29.0. The molecule has 0 unspecified atom stereocenters. The van der Waals surface area contributed by atoms with Gasteiger partial charge in [-0.2, -0.15) is 0 Å². The van der Waals surface area contributed by atoms with Crippen LogP contribution in [0.1, 0.15) is 75.6 Å². The number of para-hydroxylation sites is 2. The largest absolute Gasteiger partial charge is 0.455 e. The number of furan rings is 1. The molecule has 5 heteroatoms. The van der Waals surface area contributed by atoms with Gasteiger partial charge in [-0.05, 0) is 171 Å². The molecule has 2 aliphatic heterocycles. The van der Waals surface area contributed by atoms with Gasteiger partial charge in [-0.3, -0.25) is 0 Å². The van der Waals surface area contributed by atoms with E-state index in [0.29, 0.717) is 0 Å². The first kappa shape index (κ1) is 48.1. The monoisotopic (exact) mass is 1030 g/mol. The smallest absolute Gasteiger partial charge is 0.333 e. The quantitative estimate of drug-likeness (QED) is 0.114. The van der Waals surface area contributed by atoms with E-state index in [-0.39, 0.29) is 12.3 Å². The lowest BCUT2D eigenvalue weighted by Gasteiger charge is -2.46. The zero-order valence-electron chi connectivity index (χ0n) is 46.0. The minimum atomic E-state index is -0.261. The number of benzene rings is 11. The van der Waals surface area contributed by atoms with Gasteiger partial charge in [-0.25, -0.2) is 0 Å². The minimum Gasteiger partial charge on any atom is -0.455 e. The van der Waals surface area contributed by atoms with Gasteiger partial charge in [-0.15, -0.1) is 0 Å². The highest BCUT2D eigenvalue weighted by Gasteiger charge is 2.48. The van der Waals surface area contributed by atoms with Crippen LogP contribution in [0.15, 0.2) is 235 Å². The van der Waals surface area contributed by atoms with Gasteiger partial charge in [0.1, 0.15) is 11.2 Å². The molecule has 1 aliphatic carbocycles. The second-order valence-electron chi connectivity index (χ2n) is 22.9. The molecule has 4 nitrogen and oxygen atoms in total. The predicted octanol–water partition coefficient (Wildman–Crippen LogP) is 19.6. The third-order valence-corrected chi connectivity index (χ3v) is 17.7. The Labute approximate surface area is 470 Å². The van der Waals surface area contributed by atoms with Gasteiger partial charge < -0.3 is 19.0 Å². The Morgan fingerprint density at radius 3 is 1.93 bits per heavy atom. The molecule has 0 saturated carbocycles. The number of aryl methyl sites for hydroxylation is 2. The SMILES string of the molecule is CCCCc1ccc(N(c2ccccc2)c2ccc3c(c2)N(c2ccc(CCCC)cc2-c2ccccc2)c2cc4c(oc5ccccc54)c4c2B3N(c2ccc3c(c2)C(C)(C)c2ccccc2-3)c2cc3ccccc3cc2-4)cc1. The van der Waals surface area contributed by atoms with E-state index in [9.17, 15) is 0 Å². The molecule has 3 aliphatic rings. The summed E-state index contributed by atoms with van der Waals surface area (Å²) in [6.07, 6.45) is 6.71. The minimum absolute atomic E-state index is 0.199. The number of unbranched alkanes of at least 4 members (excludes halogenated alkanes) is 2. The van der Waals surface area contributed by atoms with Crippen molar-refractivity contribution < 1.29 is 4.42 Å². The summed E-state index contributed by atoms with van der Waals surface area (Å²) in [7, 11) is 0. The lowest BCUT2D eigenvalue weighted by atomic mass is 9.43. The number of fused-ring (bicyclic) bond motifs is 12. The summed E-state index contributed by atoms with van der Waals surface area (Å²) in [5, 5.41) is 4.62. The second-order valence-corrected chi connectivity index (χ2v) is 22.9. The van der Waals surface area contributed by atoms with Crippen LogP contribution in [0.5, 0.6) is 0 Å². The van der Waals surface area contributed by atoms with E-state index in [1.54, 1.807) is 0 Å². The van der Waals surface area contributed by atoms with Crippen LogP contribution in [-0.2, 0) is 18.3 Å². The molecule has 80 heavy (non-hydrogen) atoms. The van der Waals surface area contributed by atoms with Crippen LogP contribution in [0.2, 0.25) is 0 Å². The molecule has 12 aromatic rings. The van der Waals surface area contributed by atoms with Crippen molar-refractivity contribution in [2.24, 2.45) is 0 Å². The van der Waals surface area contributed by atoms with Gasteiger partial charge in [0.05, 0.1) is 5.69 Å². The van der Waals surface area contributed by atoms with E-state index in [1.165, 1.54) is 84.6 Å². The molecule has 0 bridgehead atoms. The van der Waals surface area contributed by atoms with Crippen molar-refractivity contribution in [3.05, 3.63) is 253 Å². The van der Waals surface area contributed by atoms with E-state index in [4.69, 9.17) is 4.42 Å². The van der Waals surface area contributed by atoms with Crippen LogP contribution in [0.4, 0.5) is 45.5 Å². The van der Waals surface area contributed by atoms with Crippen LogP contribution in [0.25, 0.3) is 66.1 Å². The van der Waals surface area contributed by atoms with Gasteiger partial charge in [0.15, 0.2) is 0 Å². The van der Waals surface area contributed by atoms with Gasteiger partial charge in [0.2, 0.25) is 0 Å². The molecule has 15 rings (SSSR count). The maximum Gasteiger partial charge on any atom is 0.333 e. The average Bonchev–Trinajstić information content (AvgIpc) is 4.15. The van der Waals surface area contributed by atoms with E-state index in [2.05, 4.69) is 273 Å². The first-order valence-electron chi connectivity index (χ1n) is 29.0. The van der Waals surface area contributed by atoms with Gasteiger partial charge in [0.25, 0.3) is 0 Å². The third kappa shape index (κ3) is 7.58. The maximum atomic E-state index is 7.27. The first-order chi connectivity index (χ1) is 39.4. The van der Waals surface area contributed by atoms with Crippen molar-refractivity contribution in [2.75, 3.05) is 14.6 Å². The van der Waals surface area contributed by atoms with E-state index < -0.39 is 0 Å². The molecule has 0 N–H and O–H groups in total. The van der Waals surface area contributed by atoms with Crippen LogP contribution >= 0.6 is 0 Å². The van der Waals surface area contributed by atoms with Crippen molar-refractivity contribution in [1.82, 2.24) is 0 Å². The summed E-state index contributed by atoms with van der Waals surface area (Å²) >= 11 is 0. The molecule has 0 radical (unpaired) electrons. The highest BCUT2D eigenvalue weighted by molar-refractivity contribution is 6.94. The van der Waals surface area contributed by atoms with Gasteiger partial charge in [-0.1, -0.05) is 186 Å². The Kier molecular flexibility index (Phi) is 11.5. The zero-order chi connectivity index (χ0) is 53.6. The molecule has 0 saturated heterocycles. The summed E-state index contributed by atoms with van der Waals surface area (Å²) < 4.78 is 7.27. The van der Waals surface area contributed by atoms with Gasteiger partial charge >= 0.3 is 6.85 Å². The summed E-state index contributed by atoms with van der Waals surface area (Å²) in [6, 6.07) is 87.0. The van der Waals surface area contributed by atoms with Crippen molar-refractivity contribution in [3.63, 3.8) is 0 Å². The highest BCUT2D eigenvalue weighted by atomic mass is 16.3. The molecule has 3 heterocycles. The number of rotatable bonds is 12. The average molecular weight is 1030 g/mol. The van der Waals surface area contributed by atoms with Crippen LogP contribution < -0.4 is 25.5 Å². The summed E-state index contributed by atoms with van der Waals surface area (Å²) in [5.41, 5.74) is 25.9. The van der Waals surface area contributed by atoms with Gasteiger partial charge in [0, 0.05) is 72.7 Å². The standard InChI is InChI=1S/C75H62BN3O/c1-5-7-21-49-33-36-55(37-34-49)77(54-27-13-10-14-28-54)56-39-41-66-69(47-56)78(67-42-35-50(22-8-6-2)43-61(67)51-23-11-9-12-24-51)70-48-62-60-30-18-20-32-71(60)80-74(62)72-63-44-52-25-15-16-26-53(52)45-68(63)79(76(66)73(70)72)57-38-40-59-58-29-17-19-31-64(58)75(3,4)65(59)46-57/h9-20,23-48H,5-8,21-22H2,1-4H3. The van der Waals surface area contributed by atoms with Crippen LogP contribution in [0, 0.1) is 0 Å². The lowest BCUT2D eigenvalue weighted by Crippen LogP contribution is -2.61. The Morgan fingerprint density at radius 1 is 0.463 bits per heavy atom. The number of hydrogen-bond donors (Lipinski definition) is 0. The van der Waals surface area contributed by atoms with E-state index >= 15 is 0 Å². The van der Waals surface area contributed by atoms with Crippen LogP contribution in [-0.4, -0.2) is 6.85 Å². The highest BCUT2D eigenvalue weighted by Crippen LogP contribution is 2.55. The molecule has 0 spiro atoms. The molecular formula is C75H62BN3O. The van der Waals surface area contributed by atoms with Crippen LogP contribution in [0.3, 0.4) is 0 Å². The van der Waals surface area contributed by atoms with E-state index in [1.807, 2.05) is 0 Å². The Morgan fingerprint density at radius 2 is 1.12 bits per heavy atom. The van der Waals surface area contributed by atoms with Crippen molar-refractivity contribution in [2.45, 2.75) is 71.6 Å². The number of anilines is 8. The number of hydrogen-bond acceptors (Lipinski definition) is 4. The fourth-order valence-corrected chi connectivity index (χ4v) is 13.8. The molecular weight excluding hydrogens is 970 g/mol. The second kappa shape index (κ2) is 19.1. The van der Waals surface area contributed by atoms with Crippen molar-refractivity contribution in [3.8, 4) is 33.4 Å². The molecule has 11 aromatic carbocycles. The summed E-state index contributed by atoms with van der Waals surface area (Å²) in [5.74, 6) is 0. The lowest BCUT2D eigenvalue weighted by molar-refractivity contribution is 0.660. The molecule has 0 atom stereocenters. The third-order valence-electron chi connectivity index (χ3n) is 17.7. The van der Waals surface area contributed by atoms with Crippen molar-refractivity contribution >= 4 is 96.0 Å². The predicted molar refractivity (Wildman–Crippen MR) is 340 cm³/mol. The Balaban J connectivity index is 1.07. The Bertz CT molecular complexity index is 4390. The number of nitrogens with zero attached hydrogens (tertiary/aromatic N) is 3. The molecule has 386 valence electrons. The zero-order valence-corrected chi connectivity index (χ0v) is 46.0. The molecule has 0 amide bonds.